The third-order valence-electron chi connectivity index (χ3n) is 4.33. The van der Waals surface area contributed by atoms with Crippen molar-refractivity contribution < 1.29 is 18.7 Å². The van der Waals surface area contributed by atoms with Crippen LogP contribution in [0.2, 0.25) is 0 Å². The van der Waals surface area contributed by atoms with E-state index in [2.05, 4.69) is 5.43 Å². The highest BCUT2D eigenvalue weighted by Crippen LogP contribution is 2.24. The molecule has 0 radical (unpaired) electrons. The van der Waals surface area contributed by atoms with Crippen molar-refractivity contribution in [2.45, 2.75) is 33.3 Å². The van der Waals surface area contributed by atoms with E-state index in [1.807, 2.05) is 19.9 Å². The third-order valence-corrected chi connectivity index (χ3v) is 4.33. The van der Waals surface area contributed by atoms with Crippen LogP contribution in [0.5, 0.6) is 5.75 Å². The number of nitrogens with one attached hydrogen (secondary N) is 1. The topological polar surface area (TPSA) is 58.6 Å². The number of hydrogen-bond donors (Lipinski definition) is 1. The number of carbonyl (C=O) groups excluding carboxylic acids is 2. The molecular weight excluding hydrogens is 347 g/mol. The van der Waals surface area contributed by atoms with E-state index in [4.69, 9.17) is 4.74 Å². The van der Waals surface area contributed by atoms with Crippen LogP contribution in [0, 0.1) is 11.7 Å². The van der Waals surface area contributed by atoms with Gasteiger partial charge in [-0.3, -0.25) is 15.0 Å². The lowest BCUT2D eigenvalue weighted by Gasteiger charge is -2.29. The van der Waals surface area contributed by atoms with E-state index in [0.29, 0.717) is 37.3 Å². The summed E-state index contributed by atoms with van der Waals surface area (Å²) in [6, 6.07) is 11.4. The molecule has 1 aliphatic rings. The second kappa shape index (κ2) is 8.20. The number of fused-ring (bicyclic) bond motifs is 1. The van der Waals surface area contributed by atoms with Crippen molar-refractivity contribution in [3.8, 4) is 5.75 Å². The van der Waals surface area contributed by atoms with E-state index in [-0.39, 0.29) is 23.5 Å². The number of halogens is 1. The van der Waals surface area contributed by atoms with E-state index in [0.717, 1.165) is 11.1 Å². The van der Waals surface area contributed by atoms with Crippen molar-refractivity contribution >= 4 is 11.8 Å². The normalized spacial score (nSPS) is 13.5. The molecule has 1 N–H and O–H groups in total. The standard InChI is InChI=1S/C21H23FN2O3/c1-14(2)11-20(25)23-24-10-9-16-12-18(7-8-19(16)21(24)26)27-13-15-3-5-17(22)6-4-15/h3-8,12,14H,9-11,13H2,1-2H3,(H,23,25). The summed E-state index contributed by atoms with van der Waals surface area (Å²) in [5, 5.41) is 1.38. The highest BCUT2D eigenvalue weighted by Gasteiger charge is 2.26. The van der Waals surface area contributed by atoms with E-state index in [1.165, 1.54) is 17.1 Å². The van der Waals surface area contributed by atoms with E-state index in [9.17, 15) is 14.0 Å². The molecule has 0 saturated heterocycles. The SMILES string of the molecule is CC(C)CC(=O)NN1CCc2cc(OCc3ccc(F)cc3)ccc2C1=O. The summed E-state index contributed by atoms with van der Waals surface area (Å²) < 4.78 is 18.7. The molecule has 0 saturated carbocycles. The smallest absolute Gasteiger partial charge is 0.272 e. The van der Waals surface area contributed by atoms with Crippen molar-refractivity contribution in [1.82, 2.24) is 10.4 Å². The molecule has 1 aliphatic heterocycles. The summed E-state index contributed by atoms with van der Waals surface area (Å²) >= 11 is 0. The second-order valence-corrected chi connectivity index (χ2v) is 7.07. The maximum absolute atomic E-state index is 12.9. The Balaban J connectivity index is 1.63. The van der Waals surface area contributed by atoms with Crippen molar-refractivity contribution in [2.24, 2.45) is 5.92 Å². The monoisotopic (exact) mass is 370 g/mol. The summed E-state index contributed by atoms with van der Waals surface area (Å²) in [5.41, 5.74) is 5.02. The fourth-order valence-corrected chi connectivity index (χ4v) is 2.98. The summed E-state index contributed by atoms with van der Waals surface area (Å²) in [7, 11) is 0. The van der Waals surface area contributed by atoms with Crippen molar-refractivity contribution in [3.63, 3.8) is 0 Å². The van der Waals surface area contributed by atoms with Gasteiger partial charge in [-0.15, -0.1) is 0 Å². The van der Waals surface area contributed by atoms with Gasteiger partial charge in [0.05, 0.1) is 0 Å². The van der Waals surface area contributed by atoms with Crippen LogP contribution in [-0.4, -0.2) is 23.4 Å². The van der Waals surface area contributed by atoms with Gasteiger partial charge in [0.15, 0.2) is 0 Å². The Hall–Kier alpha value is -2.89. The molecule has 27 heavy (non-hydrogen) atoms. The molecule has 0 atom stereocenters. The average Bonchev–Trinajstić information content (AvgIpc) is 2.63. The maximum Gasteiger partial charge on any atom is 0.272 e. The fraction of sp³-hybridized carbons (Fsp3) is 0.333. The number of ether oxygens (including phenoxy) is 1. The average molecular weight is 370 g/mol. The van der Waals surface area contributed by atoms with Crippen LogP contribution >= 0.6 is 0 Å². The summed E-state index contributed by atoms with van der Waals surface area (Å²) in [5.74, 6) is 0.247. The molecule has 0 unspecified atom stereocenters. The van der Waals surface area contributed by atoms with Crippen LogP contribution < -0.4 is 10.2 Å². The summed E-state index contributed by atoms with van der Waals surface area (Å²) in [6.07, 6.45) is 1.02. The van der Waals surface area contributed by atoms with Crippen molar-refractivity contribution in [1.29, 1.82) is 0 Å². The Labute approximate surface area is 158 Å². The van der Waals surface area contributed by atoms with Crippen LogP contribution in [0.4, 0.5) is 4.39 Å². The molecule has 5 nitrogen and oxygen atoms in total. The zero-order valence-corrected chi connectivity index (χ0v) is 15.5. The molecule has 0 aliphatic carbocycles. The van der Waals surface area contributed by atoms with Gasteiger partial charge in [-0.2, -0.15) is 0 Å². The minimum Gasteiger partial charge on any atom is -0.489 e. The minimum absolute atomic E-state index is 0.152. The molecule has 3 rings (SSSR count). The molecule has 2 aromatic rings. The molecule has 0 bridgehead atoms. The summed E-state index contributed by atoms with van der Waals surface area (Å²) in [4.78, 5) is 24.5. The third kappa shape index (κ3) is 4.84. The highest BCUT2D eigenvalue weighted by molar-refractivity contribution is 5.98. The highest BCUT2D eigenvalue weighted by atomic mass is 19.1. The molecular formula is C21H23FN2O3. The van der Waals surface area contributed by atoms with Crippen molar-refractivity contribution in [2.75, 3.05) is 6.54 Å². The molecule has 142 valence electrons. The number of hydrazine groups is 1. The molecule has 2 amide bonds. The molecule has 0 spiro atoms. The summed E-state index contributed by atoms with van der Waals surface area (Å²) in [6.45, 7) is 4.67. The number of rotatable bonds is 6. The number of amides is 2. The maximum atomic E-state index is 12.9. The van der Waals surface area contributed by atoms with Crippen molar-refractivity contribution in [3.05, 3.63) is 65.0 Å². The van der Waals surface area contributed by atoms with Gasteiger partial charge in [0.25, 0.3) is 5.91 Å². The van der Waals surface area contributed by atoms with E-state index >= 15 is 0 Å². The number of benzene rings is 2. The Morgan fingerprint density at radius 3 is 2.67 bits per heavy atom. The van der Waals surface area contributed by atoms with Gasteiger partial charge in [-0.05, 0) is 53.8 Å². The molecule has 0 aromatic heterocycles. The minimum atomic E-state index is -0.281. The second-order valence-electron chi connectivity index (χ2n) is 7.07. The Kier molecular flexibility index (Phi) is 5.74. The number of carbonyl (C=O) groups is 2. The van der Waals surface area contributed by atoms with E-state index in [1.54, 1.807) is 24.3 Å². The molecule has 0 fully saturated rings. The zero-order valence-electron chi connectivity index (χ0n) is 15.5. The Bertz CT molecular complexity index is 834. The fourth-order valence-electron chi connectivity index (χ4n) is 2.98. The Morgan fingerprint density at radius 1 is 1.22 bits per heavy atom. The van der Waals surface area contributed by atoms with Gasteiger partial charge >= 0.3 is 0 Å². The molecule has 1 heterocycles. The van der Waals surface area contributed by atoms with Crippen LogP contribution in [0.15, 0.2) is 42.5 Å². The van der Waals surface area contributed by atoms with Gasteiger partial charge in [0, 0.05) is 18.5 Å². The first kappa shape index (κ1) is 18.9. The molecule has 2 aromatic carbocycles. The van der Waals surface area contributed by atoms with Crippen LogP contribution in [0.1, 0.15) is 41.8 Å². The van der Waals surface area contributed by atoms with E-state index < -0.39 is 0 Å². The van der Waals surface area contributed by atoms with Crippen LogP contribution in [0.25, 0.3) is 0 Å². The molecule has 6 heteroatoms. The van der Waals surface area contributed by atoms with Gasteiger partial charge in [0.2, 0.25) is 5.91 Å². The lowest BCUT2D eigenvalue weighted by Crippen LogP contribution is -2.49. The number of nitrogens with zero attached hydrogens (tertiary/aromatic N) is 1. The van der Waals surface area contributed by atoms with Gasteiger partial charge in [0.1, 0.15) is 18.2 Å². The van der Waals surface area contributed by atoms with Gasteiger partial charge in [-0.1, -0.05) is 26.0 Å². The van der Waals surface area contributed by atoms with Crippen LogP contribution in [0.3, 0.4) is 0 Å². The first-order valence-electron chi connectivity index (χ1n) is 9.04. The predicted molar refractivity (Wildman–Crippen MR) is 99.5 cm³/mol. The predicted octanol–water partition coefficient (Wildman–Crippen LogP) is 3.48. The van der Waals surface area contributed by atoms with Gasteiger partial charge in [-0.25, -0.2) is 9.40 Å². The lowest BCUT2D eigenvalue weighted by molar-refractivity contribution is -0.125. The zero-order chi connectivity index (χ0) is 19.4. The number of hydrogen-bond acceptors (Lipinski definition) is 3. The first-order valence-corrected chi connectivity index (χ1v) is 9.04. The largest absolute Gasteiger partial charge is 0.489 e. The van der Waals surface area contributed by atoms with Crippen LogP contribution in [-0.2, 0) is 17.8 Å². The lowest BCUT2D eigenvalue weighted by atomic mass is 9.99. The quantitative estimate of drug-likeness (QED) is 0.847. The first-order chi connectivity index (χ1) is 12.9. The van der Waals surface area contributed by atoms with Gasteiger partial charge < -0.3 is 4.74 Å². The Morgan fingerprint density at radius 2 is 1.96 bits per heavy atom.